The van der Waals surface area contributed by atoms with E-state index in [0.29, 0.717) is 0 Å². The number of piperidine rings is 1. The molecule has 3 heteroatoms. The molecule has 1 rings (SSSR count). The molecule has 1 heterocycles. The largest absolute Gasteiger partial charge is 0.377 e. The third-order valence-corrected chi connectivity index (χ3v) is 3.16. The second-order valence-electron chi connectivity index (χ2n) is 5.39. The molecule has 1 aliphatic rings. The Hall–Kier alpha value is -0.120. The molecule has 0 amide bonds. The average molecular weight is 200 g/mol. The van der Waals surface area contributed by atoms with Crippen molar-refractivity contribution in [1.29, 1.82) is 0 Å². The lowest BCUT2D eigenvalue weighted by Crippen LogP contribution is -2.51. The molecule has 3 nitrogen and oxygen atoms in total. The topological polar surface area (TPSA) is 38.5 Å². The van der Waals surface area contributed by atoms with Crippen molar-refractivity contribution in [2.45, 2.75) is 44.8 Å². The summed E-state index contributed by atoms with van der Waals surface area (Å²) in [5.74, 6) is 0. The molecule has 2 N–H and O–H groups in total. The van der Waals surface area contributed by atoms with Crippen molar-refractivity contribution in [3.8, 4) is 0 Å². The minimum atomic E-state index is -0.0393. The molecule has 0 bridgehead atoms. The van der Waals surface area contributed by atoms with Gasteiger partial charge in [-0.2, -0.15) is 0 Å². The quantitative estimate of drug-likeness (QED) is 0.744. The summed E-state index contributed by atoms with van der Waals surface area (Å²) in [6.45, 7) is 9.59. The summed E-state index contributed by atoms with van der Waals surface area (Å²) in [5.41, 5.74) is 6.09. The van der Waals surface area contributed by atoms with Gasteiger partial charge in [0.05, 0.1) is 5.60 Å². The molecule has 0 spiro atoms. The van der Waals surface area contributed by atoms with Crippen LogP contribution in [0.5, 0.6) is 0 Å². The first-order valence-electron chi connectivity index (χ1n) is 5.41. The molecule has 0 radical (unpaired) electrons. The maximum absolute atomic E-state index is 6.08. The van der Waals surface area contributed by atoms with Crippen LogP contribution in [0.1, 0.15) is 33.6 Å². The van der Waals surface area contributed by atoms with Crippen LogP contribution in [0, 0.1) is 0 Å². The number of hydrogen-bond donors (Lipinski definition) is 1. The van der Waals surface area contributed by atoms with Crippen molar-refractivity contribution in [3.63, 3.8) is 0 Å². The summed E-state index contributed by atoms with van der Waals surface area (Å²) in [6.07, 6.45) is 2.18. The van der Waals surface area contributed by atoms with E-state index >= 15 is 0 Å². The van der Waals surface area contributed by atoms with E-state index in [1.807, 2.05) is 0 Å². The van der Waals surface area contributed by atoms with E-state index in [1.165, 1.54) is 0 Å². The maximum atomic E-state index is 6.08. The Morgan fingerprint density at radius 3 is 2.29 bits per heavy atom. The van der Waals surface area contributed by atoms with Crippen molar-refractivity contribution in [2.24, 2.45) is 5.73 Å². The Kier molecular flexibility index (Phi) is 3.56. The van der Waals surface area contributed by atoms with Gasteiger partial charge in [-0.25, -0.2) is 0 Å². The fourth-order valence-corrected chi connectivity index (χ4v) is 1.83. The lowest BCUT2D eigenvalue weighted by Gasteiger charge is -2.39. The van der Waals surface area contributed by atoms with Crippen LogP contribution < -0.4 is 5.73 Å². The molecule has 0 saturated carbocycles. The average Bonchev–Trinajstić information content (AvgIpc) is 2.09. The molecule has 1 aliphatic heterocycles. The van der Waals surface area contributed by atoms with E-state index < -0.39 is 0 Å². The maximum Gasteiger partial charge on any atom is 0.0749 e. The van der Waals surface area contributed by atoms with E-state index in [-0.39, 0.29) is 11.1 Å². The Labute approximate surface area is 87.6 Å². The van der Waals surface area contributed by atoms with Crippen LogP contribution in [0.3, 0.4) is 0 Å². The standard InChI is InChI=1S/C11H24N2O/c1-10(2,14-4)9-13-7-5-11(3,12)6-8-13/h5-9,12H2,1-4H3. The molecular weight excluding hydrogens is 176 g/mol. The highest BCUT2D eigenvalue weighted by atomic mass is 16.5. The van der Waals surface area contributed by atoms with Gasteiger partial charge in [0.25, 0.3) is 0 Å². The second kappa shape index (κ2) is 4.17. The number of nitrogens with two attached hydrogens (primary N) is 1. The lowest BCUT2D eigenvalue weighted by molar-refractivity contribution is -0.0154. The minimum Gasteiger partial charge on any atom is -0.377 e. The van der Waals surface area contributed by atoms with Crippen molar-refractivity contribution in [3.05, 3.63) is 0 Å². The molecule has 0 aromatic rings. The van der Waals surface area contributed by atoms with E-state index in [2.05, 4.69) is 25.7 Å². The minimum absolute atomic E-state index is 0.0393. The molecular formula is C11H24N2O. The van der Waals surface area contributed by atoms with E-state index in [1.54, 1.807) is 7.11 Å². The monoisotopic (exact) mass is 200 g/mol. The summed E-state index contributed by atoms with van der Waals surface area (Å²) < 4.78 is 5.42. The van der Waals surface area contributed by atoms with Gasteiger partial charge in [0, 0.05) is 19.2 Å². The van der Waals surface area contributed by atoms with Crippen LogP contribution in [0.25, 0.3) is 0 Å². The van der Waals surface area contributed by atoms with Gasteiger partial charge in [0.1, 0.15) is 0 Å². The van der Waals surface area contributed by atoms with Gasteiger partial charge in [-0.15, -0.1) is 0 Å². The molecule has 0 aromatic heterocycles. The third kappa shape index (κ3) is 3.56. The SMILES string of the molecule is COC(C)(C)CN1CCC(C)(N)CC1. The third-order valence-electron chi connectivity index (χ3n) is 3.16. The lowest BCUT2D eigenvalue weighted by atomic mass is 9.90. The summed E-state index contributed by atoms with van der Waals surface area (Å²) in [6, 6.07) is 0. The predicted octanol–water partition coefficient (Wildman–Crippen LogP) is 1.22. The first-order valence-corrected chi connectivity index (χ1v) is 5.41. The Morgan fingerprint density at radius 2 is 1.86 bits per heavy atom. The molecule has 0 aliphatic carbocycles. The Balaban J connectivity index is 2.36. The van der Waals surface area contributed by atoms with Gasteiger partial charge >= 0.3 is 0 Å². The van der Waals surface area contributed by atoms with Crippen LogP contribution in [-0.4, -0.2) is 42.8 Å². The van der Waals surface area contributed by atoms with Gasteiger partial charge in [0.15, 0.2) is 0 Å². The van der Waals surface area contributed by atoms with Crippen LogP contribution in [0.4, 0.5) is 0 Å². The van der Waals surface area contributed by atoms with Gasteiger partial charge in [-0.3, -0.25) is 0 Å². The highest BCUT2D eigenvalue weighted by Crippen LogP contribution is 2.21. The van der Waals surface area contributed by atoms with Crippen LogP contribution in [-0.2, 0) is 4.74 Å². The fourth-order valence-electron chi connectivity index (χ4n) is 1.83. The highest BCUT2D eigenvalue weighted by molar-refractivity contribution is 4.87. The molecule has 0 unspecified atom stereocenters. The number of ether oxygens (including phenoxy) is 1. The van der Waals surface area contributed by atoms with Crippen molar-refractivity contribution >= 4 is 0 Å². The van der Waals surface area contributed by atoms with Gasteiger partial charge < -0.3 is 15.4 Å². The Bertz CT molecular complexity index is 180. The van der Waals surface area contributed by atoms with Crippen molar-refractivity contribution in [1.82, 2.24) is 4.90 Å². The number of nitrogens with zero attached hydrogens (tertiary/aromatic N) is 1. The zero-order valence-corrected chi connectivity index (χ0v) is 9.97. The first-order chi connectivity index (χ1) is 6.35. The Morgan fingerprint density at radius 1 is 1.36 bits per heavy atom. The zero-order chi connectivity index (χ0) is 10.8. The van der Waals surface area contributed by atoms with Crippen LogP contribution in [0.2, 0.25) is 0 Å². The van der Waals surface area contributed by atoms with Crippen LogP contribution in [0.15, 0.2) is 0 Å². The van der Waals surface area contributed by atoms with Gasteiger partial charge in [-0.05, 0) is 46.7 Å². The van der Waals surface area contributed by atoms with Gasteiger partial charge in [0.2, 0.25) is 0 Å². The number of methoxy groups -OCH3 is 1. The zero-order valence-electron chi connectivity index (χ0n) is 9.97. The smallest absolute Gasteiger partial charge is 0.0749 e. The molecule has 1 saturated heterocycles. The summed E-state index contributed by atoms with van der Waals surface area (Å²) in [5, 5.41) is 0. The molecule has 84 valence electrons. The number of likely N-dealkylation sites (tertiary alicyclic amines) is 1. The van der Waals surface area contributed by atoms with Crippen LogP contribution >= 0.6 is 0 Å². The molecule has 0 atom stereocenters. The van der Waals surface area contributed by atoms with Gasteiger partial charge in [-0.1, -0.05) is 0 Å². The molecule has 14 heavy (non-hydrogen) atoms. The number of rotatable bonds is 3. The number of hydrogen-bond acceptors (Lipinski definition) is 3. The van der Waals surface area contributed by atoms with E-state index in [0.717, 1.165) is 32.5 Å². The summed E-state index contributed by atoms with van der Waals surface area (Å²) in [7, 11) is 1.77. The first kappa shape index (κ1) is 12.0. The molecule has 0 aromatic carbocycles. The molecule has 1 fully saturated rings. The van der Waals surface area contributed by atoms with E-state index in [4.69, 9.17) is 10.5 Å². The second-order valence-corrected chi connectivity index (χ2v) is 5.39. The van der Waals surface area contributed by atoms with Crippen molar-refractivity contribution < 1.29 is 4.74 Å². The normalized spacial score (nSPS) is 23.8. The predicted molar refractivity (Wildman–Crippen MR) is 59.4 cm³/mol. The summed E-state index contributed by atoms with van der Waals surface area (Å²) >= 11 is 0. The van der Waals surface area contributed by atoms with E-state index in [9.17, 15) is 0 Å². The fraction of sp³-hybridized carbons (Fsp3) is 1.00. The summed E-state index contributed by atoms with van der Waals surface area (Å²) in [4.78, 5) is 2.44. The highest BCUT2D eigenvalue weighted by Gasteiger charge is 2.29. The van der Waals surface area contributed by atoms with Crippen molar-refractivity contribution in [2.75, 3.05) is 26.7 Å².